The third-order valence-electron chi connectivity index (χ3n) is 3.34. The first-order chi connectivity index (χ1) is 7.22. The summed E-state index contributed by atoms with van der Waals surface area (Å²) < 4.78 is 5.22. The number of aryl methyl sites for hydroxylation is 1. The van der Waals surface area contributed by atoms with Gasteiger partial charge in [-0.15, -0.1) is 0 Å². The zero-order valence-electron chi connectivity index (χ0n) is 9.29. The Labute approximate surface area is 100.0 Å². The maximum Gasteiger partial charge on any atom is 0.119 e. The lowest BCUT2D eigenvalue weighted by Crippen LogP contribution is -2.16. The Morgan fingerprint density at radius 2 is 2.13 bits per heavy atom. The van der Waals surface area contributed by atoms with E-state index in [2.05, 4.69) is 41.1 Å². The molecule has 1 aromatic rings. The van der Waals surface area contributed by atoms with Gasteiger partial charge in [-0.3, -0.25) is 0 Å². The van der Waals surface area contributed by atoms with Gasteiger partial charge in [0.25, 0.3) is 0 Å². The van der Waals surface area contributed by atoms with Crippen LogP contribution >= 0.6 is 15.9 Å². The van der Waals surface area contributed by atoms with E-state index in [4.69, 9.17) is 4.74 Å². The summed E-state index contributed by atoms with van der Waals surface area (Å²) in [4.78, 5) is 0.525. The predicted molar refractivity (Wildman–Crippen MR) is 66.7 cm³/mol. The average molecular weight is 269 g/mol. The van der Waals surface area contributed by atoms with Crippen LogP contribution in [-0.2, 0) is 0 Å². The number of methoxy groups -OCH3 is 1. The summed E-state index contributed by atoms with van der Waals surface area (Å²) in [6.07, 6.45) is 4.12. The number of halogens is 1. The van der Waals surface area contributed by atoms with Gasteiger partial charge in [-0.25, -0.2) is 0 Å². The van der Waals surface area contributed by atoms with Crippen LogP contribution in [0.15, 0.2) is 18.2 Å². The van der Waals surface area contributed by atoms with E-state index in [-0.39, 0.29) is 0 Å². The smallest absolute Gasteiger partial charge is 0.119 e. The summed E-state index contributed by atoms with van der Waals surface area (Å²) in [6, 6.07) is 6.35. The summed E-state index contributed by atoms with van der Waals surface area (Å²) in [5, 5.41) is 0. The zero-order chi connectivity index (χ0) is 10.8. The van der Waals surface area contributed by atoms with Gasteiger partial charge in [0.2, 0.25) is 0 Å². The molecule has 1 aliphatic rings. The van der Waals surface area contributed by atoms with Gasteiger partial charge < -0.3 is 4.74 Å². The van der Waals surface area contributed by atoms with E-state index in [0.29, 0.717) is 4.83 Å². The second-order valence-electron chi connectivity index (χ2n) is 4.32. The maximum absolute atomic E-state index is 5.22. The van der Waals surface area contributed by atoms with Crippen molar-refractivity contribution in [3.05, 3.63) is 29.3 Å². The highest BCUT2D eigenvalue weighted by Crippen LogP contribution is 2.44. The molecule has 1 nitrogen and oxygen atoms in total. The van der Waals surface area contributed by atoms with Crippen LogP contribution in [0, 0.1) is 12.8 Å². The van der Waals surface area contributed by atoms with Gasteiger partial charge in [0.1, 0.15) is 5.75 Å². The topological polar surface area (TPSA) is 9.23 Å². The molecule has 0 aromatic heterocycles. The zero-order valence-corrected chi connectivity index (χ0v) is 10.9. The highest BCUT2D eigenvalue weighted by molar-refractivity contribution is 9.09. The molecule has 1 atom stereocenters. The van der Waals surface area contributed by atoms with Crippen molar-refractivity contribution in [1.82, 2.24) is 0 Å². The average Bonchev–Trinajstić information content (AvgIpc) is 2.14. The van der Waals surface area contributed by atoms with E-state index in [1.807, 2.05) is 0 Å². The highest BCUT2D eigenvalue weighted by Gasteiger charge is 2.27. The highest BCUT2D eigenvalue weighted by atomic mass is 79.9. The molecule has 0 heterocycles. The minimum Gasteiger partial charge on any atom is -0.497 e. The van der Waals surface area contributed by atoms with Gasteiger partial charge >= 0.3 is 0 Å². The SMILES string of the molecule is COc1ccc(C(Br)C2CCC2)c(C)c1. The Morgan fingerprint density at radius 1 is 1.40 bits per heavy atom. The predicted octanol–water partition coefficient (Wildman–Crippen LogP) is 4.24. The molecule has 0 aliphatic heterocycles. The van der Waals surface area contributed by atoms with Crippen LogP contribution in [0.3, 0.4) is 0 Å². The first kappa shape index (κ1) is 11.0. The molecular weight excluding hydrogens is 252 g/mol. The van der Waals surface area contributed by atoms with Crippen molar-refractivity contribution in [2.24, 2.45) is 5.92 Å². The molecular formula is C13H17BrO. The second-order valence-corrected chi connectivity index (χ2v) is 5.30. The van der Waals surface area contributed by atoms with Crippen molar-refractivity contribution in [1.29, 1.82) is 0 Å². The van der Waals surface area contributed by atoms with Gasteiger partial charge in [0.05, 0.1) is 7.11 Å². The fraction of sp³-hybridized carbons (Fsp3) is 0.538. The molecule has 1 saturated carbocycles. The second kappa shape index (κ2) is 4.56. The summed E-state index contributed by atoms with van der Waals surface area (Å²) >= 11 is 3.82. The van der Waals surface area contributed by atoms with Crippen LogP contribution in [-0.4, -0.2) is 7.11 Å². The summed E-state index contributed by atoms with van der Waals surface area (Å²) in [5.41, 5.74) is 2.74. The minimum absolute atomic E-state index is 0.525. The summed E-state index contributed by atoms with van der Waals surface area (Å²) in [7, 11) is 1.71. The van der Waals surface area contributed by atoms with E-state index in [1.165, 1.54) is 30.4 Å². The van der Waals surface area contributed by atoms with E-state index >= 15 is 0 Å². The van der Waals surface area contributed by atoms with Crippen molar-refractivity contribution >= 4 is 15.9 Å². The number of benzene rings is 1. The number of hydrogen-bond acceptors (Lipinski definition) is 1. The number of ether oxygens (including phenoxy) is 1. The van der Waals surface area contributed by atoms with E-state index < -0.39 is 0 Å². The third kappa shape index (κ3) is 2.20. The van der Waals surface area contributed by atoms with Crippen molar-refractivity contribution in [3.8, 4) is 5.75 Å². The van der Waals surface area contributed by atoms with Crippen molar-refractivity contribution in [3.63, 3.8) is 0 Å². The standard InChI is InChI=1S/C13H17BrO/c1-9-8-11(15-2)6-7-12(9)13(14)10-4-3-5-10/h6-8,10,13H,3-5H2,1-2H3. The molecule has 0 radical (unpaired) electrons. The quantitative estimate of drug-likeness (QED) is 0.746. The van der Waals surface area contributed by atoms with Gasteiger partial charge in [-0.05, 0) is 48.9 Å². The van der Waals surface area contributed by atoms with Crippen LogP contribution in [0.2, 0.25) is 0 Å². The fourth-order valence-corrected chi connectivity index (χ4v) is 3.11. The van der Waals surface area contributed by atoms with Crippen molar-refractivity contribution < 1.29 is 4.74 Å². The van der Waals surface area contributed by atoms with Crippen molar-refractivity contribution in [2.75, 3.05) is 7.11 Å². The van der Waals surface area contributed by atoms with E-state index in [9.17, 15) is 0 Å². The normalized spacial score (nSPS) is 18.3. The molecule has 15 heavy (non-hydrogen) atoms. The molecule has 2 heteroatoms. The largest absolute Gasteiger partial charge is 0.497 e. The monoisotopic (exact) mass is 268 g/mol. The lowest BCUT2D eigenvalue weighted by Gasteiger charge is -2.31. The van der Waals surface area contributed by atoms with Crippen LogP contribution in [0.4, 0.5) is 0 Å². The molecule has 1 aliphatic carbocycles. The first-order valence-electron chi connectivity index (χ1n) is 5.51. The van der Waals surface area contributed by atoms with Gasteiger partial charge in [0, 0.05) is 4.83 Å². The van der Waals surface area contributed by atoms with Crippen LogP contribution < -0.4 is 4.74 Å². The Hall–Kier alpha value is -0.500. The molecule has 0 N–H and O–H groups in total. The molecule has 0 amide bonds. The Kier molecular flexibility index (Phi) is 3.35. The van der Waals surface area contributed by atoms with Gasteiger partial charge in [0.15, 0.2) is 0 Å². The summed E-state index contributed by atoms with van der Waals surface area (Å²) in [5.74, 6) is 1.78. The molecule has 0 bridgehead atoms. The molecule has 0 spiro atoms. The summed E-state index contributed by atoms with van der Waals surface area (Å²) in [6.45, 7) is 2.16. The molecule has 82 valence electrons. The number of rotatable bonds is 3. The van der Waals surface area contributed by atoms with Gasteiger partial charge in [-0.2, -0.15) is 0 Å². The molecule has 0 saturated heterocycles. The van der Waals surface area contributed by atoms with E-state index in [0.717, 1.165) is 11.7 Å². The van der Waals surface area contributed by atoms with Crippen LogP contribution in [0.25, 0.3) is 0 Å². The fourth-order valence-electron chi connectivity index (χ4n) is 2.07. The maximum atomic E-state index is 5.22. The molecule has 1 aromatic carbocycles. The van der Waals surface area contributed by atoms with Crippen LogP contribution in [0.5, 0.6) is 5.75 Å². The van der Waals surface area contributed by atoms with E-state index in [1.54, 1.807) is 7.11 Å². The Bertz CT molecular complexity index is 344. The number of hydrogen-bond donors (Lipinski definition) is 0. The molecule has 2 rings (SSSR count). The molecule has 1 fully saturated rings. The lowest BCUT2D eigenvalue weighted by atomic mass is 9.80. The Balaban J connectivity index is 2.19. The minimum atomic E-state index is 0.525. The lowest BCUT2D eigenvalue weighted by molar-refractivity contribution is 0.311. The Morgan fingerprint density at radius 3 is 2.60 bits per heavy atom. The third-order valence-corrected chi connectivity index (χ3v) is 4.58. The van der Waals surface area contributed by atoms with Crippen molar-refractivity contribution in [2.45, 2.75) is 31.0 Å². The number of alkyl halides is 1. The van der Waals surface area contributed by atoms with Crippen LogP contribution in [0.1, 0.15) is 35.2 Å². The van der Waals surface area contributed by atoms with Gasteiger partial charge in [-0.1, -0.05) is 28.4 Å². The first-order valence-corrected chi connectivity index (χ1v) is 6.42. The molecule has 1 unspecified atom stereocenters.